The average Bonchev–Trinajstić information content (AvgIpc) is 3.03. The summed E-state index contributed by atoms with van der Waals surface area (Å²) in [6, 6.07) is 14.9. The van der Waals surface area contributed by atoms with Crippen LogP contribution in [0.3, 0.4) is 0 Å². The van der Waals surface area contributed by atoms with Crippen molar-refractivity contribution >= 4 is 40.1 Å². The number of anilines is 1. The van der Waals surface area contributed by atoms with Gasteiger partial charge in [-0.25, -0.2) is 14.6 Å². The van der Waals surface area contributed by atoms with E-state index in [0.717, 1.165) is 22.2 Å². The normalized spacial score (nSPS) is 11.9. The number of nitrogens with two attached hydrogens (primary N) is 1. The van der Waals surface area contributed by atoms with Crippen molar-refractivity contribution in [2.75, 3.05) is 5.73 Å². The molecule has 2 aromatic heterocycles. The van der Waals surface area contributed by atoms with Crippen molar-refractivity contribution in [3.8, 4) is 22.6 Å². The second kappa shape index (κ2) is 6.76. The van der Waals surface area contributed by atoms with Crippen molar-refractivity contribution < 1.29 is 0 Å². The summed E-state index contributed by atoms with van der Waals surface area (Å²) in [6.07, 6.45) is 0. The molecular formula is C21H19Cl2N5. The van der Waals surface area contributed by atoms with Gasteiger partial charge >= 0.3 is 0 Å². The standard InChI is InChI=1S/C21H19Cl2N5/c1-21(2,3)28-20-16(17(27-28)12-4-8-14(22)9-5-12)18(24)25-19(26-20)13-6-10-15(23)11-7-13/h4-11H,1-3H3,(H2,24,25,26). The Kier molecular flexibility index (Phi) is 4.52. The number of rotatable bonds is 2. The van der Waals surface area contributed by atoms with Crippen LogP contribution < -0.4 is 5.73 Å². The molecule has 7 heteroatoms. The van der Waals surface area contributed by atoms with E-state index in [0.29, 0.717) is 27.3 Å². The SMILES string of the molecule is CC(C)(C)n1nc(-c2ccc(Cl)cc2)c2c(N)nc(-c3ccc(Cl)cc3)nc21. The number of hydrogen-bond acceptors (Lipinski definition) is 4. The largest absolute Gasteiger partial charge is 0.383 e. The van der Waals surface area contributed by atoms with Crippen LogP contribution in [-0.4, -0.2) is 19.7 Å². The summed E-state index contributed by atoms with van der Waals surface area (Å²) < 4.78 is 1.89. The molecule has 0 radical (unpaired) electrons. The van der Waals surface area contributed by atoms with Gasteiger partial charge in [-0.05, 0) is 57.2 Å². The molecule has 0 saturated heterocycles. The first-order valence-corrected chi connectivity index (χ1v) is 9.58. The minimum absolute atomic E-state index is 0.291. The molecule has 0 amide bonds. The van der Waals surface area contributed by atoms with Crippen LogP contribution in [-0.2, 0) is 5.54 Å². The fraction of sp³-hybridized carbons (Fsp3) is 0.190. The van der Waals surface area contributed by atoms with Crippen LogP contribution in [0, 0.1) is 0 Å². The molecule has 4 rings (SSSR count). The Labute approximate surface area is 173 Å². The van der Waals surface area contributed by atoms with Gasteiger partial charge in [0.1, 0.15) is 11.5 Å². The van der Waals surface area contributed by atoms with Gasteiger partial charge in [0.2, 0.25) is 0 Å². The second-order valence-corrected chi connectivity index (χ2v) is 8.45. The van der Waals surface area contributed by atoms with E-state index in [1.807, 2.05) is 41.1 Å². The molecule has 0 saturated carbocycles. The molecule has 2 aromatic carbocycles. The second-order valence-electron chi connectivity index (χ2n) is 7.58. The van der Waals surface area contributed by atoms with E-state index in [2.05, 4.69) is 25.8 Å². The van der Waals surface area contributed by atoms with Crippen LogP contribution in [0.15, 0.2) is 48.5 Å². The minimum atomic E-state index is -0.291. The lowest BCUT2D eigenvalue weighted by Crippen LogP contribution is -2.23. The molecule has 2 heterocycles. The number of nitrogen functional groups attached to an aromatic ring is 1. The van der Waals surface area contributed by atoms with Gasteiger partial charge < -0.3 is 5.73 Å². The monoisotopic (exact) mass is 411 g/mol. The maximum Gasteiger partial charge on any atom is 0.165 e. The summed E-state index contributed by atoms with van der Waals surface area (Å²) in [5.74, 6) is 0.921. The number of aromatic nitrogens is 4. The third-order valence-electron chi connectivity index (χ3n) is 4.41. The number of benzene rings is 2. The van der Waals surface area contributed by atoms with Gasteiger partial charge in [-0.2, -0.15) is 5.10 Å². The van der Waals surface area contributed by atoms with Crippen molar-refractivity contribution in [1.29, 1.82) is 0 Å². The Balaban J connectivity index is 2.00. The Hall–Kier alpha value is -2.63. The van der Waals surface area contributed by atoms with Gasteiger partial charge in [-0.15, -0.1) is 0 Å². The third-order valence-corrected chi connectivity index (χ3v) is 4.91. The van der Waals surface area contributed by atoms with E-state index < -0.39 is 0 Å². The maximum atomic E-state index is 6.39. The summed E-state index contributed by atoms with van der Waals surface area (Å²) in [5.41, 5.74) is 9.28. The zero-order valence-electron chi connectivity index (χ0n) is 15.7. The van der Waals surface area contributed by atoms with Crippen molar-refractivity contribution in [3.63, 3.8) is 0 Å². The van der Waals surface area contributed by atoms with Gasteiger partial charge in [0.15, 0.2) is 11.5 Å². The average molecular weight is 412 g/mol. The maximum absolute atomic E-state index is 6.39. The predicted molar refractivity (Wildman–Crippen MR) is 116 cm³/mol. The molecule has 0 aliphatic rings. The number of hydrogen-bond donors (Lipinski definition) is 1. The first-order chi connectivity index (χ1) is 13.2. The fourth-order valence-electron chi connectivity index (χ4n) is 3.05. The first-order valence-electron chi connectivity index (χ1n) is 8.82. The van der Waals surface area contributed by atoms with Crippen LogP contribution in [0.2, 0.25) is 10.0 Å². The molecule has 4 aromatic rings. The zero-order chi connectivity index (χ0) is 20.1. The highest BCUT2D eigenvalue weighted by Gasteiger charge is 2.25. The lowest BCUT2D eigenvalue weighted by Gasteiger charge is -2.20. The minimum Gasteiger partial charge on any atom is -0.383 e. The number of halogens is 2. The summed E-state index contributed by atoms with van der Waals surface area (Å²) in [6.45, 7) is 6.22. The van der Waals surface area contributed by atoms with Crippen LogP contribution >= 0.6 is 23.2 Å². The topological polar surface area (TPSA) is 69.6 Å². The van der Waals surface area contributed by atoms with E-state index >= 15 is 0 Å². The number of fused-ring (bicyclic) bond motifs is 1. The third kappa shape index (κ3) is 3.32. The Morgan fingerprint density at radius 2 is 1.36 bits per heavy atom. The Morgan fingerprint density at radius 3 is 1.89 bits per heavy atom. The van der Waals surface area contributed by atoms with Crippen molar-refractivity contribution in [3.05, 3.63) is 58.6 Å². The van der Waals surface area contributed by atoms with E-state index in [1.54, 1.807) is 12.1 Å². The highest BCUT2D eigenvalue weighted by atomic mass is 35.5. The molecule has 0 fully saturated rings. The van der Waals surface area contributed by atoms with Crippen LogP contribution in [0.4, 0.5) is 5.82 Å². The fourth-order valence-corrected chi connectivity index (χ4v) is 3.30. The molecule has 2 N–H and O–H groups in total. The zero-order valence-corrected chi connectivity index (χ0v) is 17.3. The summed E-state index contributed by atoms with van der Waals surface area (Å²) in [5, 5.41) is 6.89. The molecule has 28 heavy (non-hydrogen) atoms. The van der Waals surface area contributed by atoms with Crippen molar-refractivity contribution in [2.45, 2.75) is 26.3 Å². The molecular weight excluding hydrogens is 393 g/mol. The summed E-state index contributed by atoms with van der Waals surface area (Å²) in [4.78, 5) is 9.35. The quantitative estimate of drug-likeness (QED) is 0.452. The molecule has 0 aliphatic carbocycles. The molecule has 0 unspecified atom stereocenters. The molecule has 0 atom stereocenters. The lowest BCUT2D eigenvalue weighted by atomic mass is 10.1. The van der Waals surface area contributed by atoms with Crippen molar-refractivity contribution in [1.82, 2.24) is 19.7 Å². The Morgan fingerprint density at radius 1 is 0.821 bits per heavy atom. The van der Waals surface area contributed by atoms with Gasteiger partial charge in [0, 0.05) is 21.2 Å². The molecule has 5 nitrogen and oxygen atoms in total. The summed E-state index contributed by atoms with van der Waals surface area (Å²) in [7, 11) is 0. The van der Waals surface area contributed by atoms with Gasteiger partial charge in [-0.1, -0.05) is 35.3 Å². The van der Waals surface area contributed by atoms with Gasteiger partial charge in [0.05, 0.1) is 10.9 Å². The molecule has 142 valence electrons. The van der Waals surface area contributed by atoms with E-state index in [-0.39, 0.29) is 5.54 Å². The van der Waals surface area contributed by atoms with E-state index in [9.17, 15) is 0 Å². The highest BCUT2D eigenvalue weighted by Crippen LogP contribution is 2.35. The van der Waals surface area contributed by atoms with Crippen LogP contribution in [0.1, 0.15) is 20.8 Å². The van der Waals surface area contributed by atoms with Crippen molar-refractivity contribution in [2.24, 2.45) is 0 Å². The predicted octanol–water partition coefficient (Wildman–Crippen LogP) is 5.80. The van der Waals surface area contributed by atoms with E-state index in [4.69, 9.17) is 39.0 Å². The first kappa shape index (κ1) is 18.7. The highest BCUT2D eigenvalue weighted by molar-refractivity contribution is 6.31. The summed E-state index contributed by atoms with van der Waals surface area (Å²) >= 11 is 12.0. The number of nitrogens with zero attached hydrogens (tertiary/aromatic N) is 4. The van der Waals surface area contributed by atoms with Crippen LogP contribution in [0.25, 0.3) is 33.7 Å². The lowest BCUT2D eigenvalue weighted by molar-refractivity contribution is 0.367. The van der Waals surface area contributed by atoms with Gasteiger partial charge in [0.25, 0.3) is 0 Å². The molecule has 0 aliphatic heterocycles. The van der Waals surface area contributed by atoms with Crippen LogP contribution in [0.5, 0.6) is 0 Å². The molecule has 0 spiro atoms. The van der Waals surface area contributed by atoms with E-state index in [1.165, 1.54) is 0 Å². The molecule has 0 bridgehead atoms. The smallest absolute Gasteiger partial charge is 0.165 e. The van der Waals surface area contributed by atoms with Gasteiger partial charge in [-0.3, -0.25) is 0 Å². The Bertz CT molecular complexity index is 1160.